The van der Waals surface area contributed by atoms with Crippen molar-refractivity contribution < 1.29 is 4.79 Å². The Labute approximate surface area is 147 Å². The van der Waals surface area contributed by atoms with Gasteiger partial charge in [-0.2, -0.15) is 0 Å². The van der Waals surface area contributed by atoms with Gasteiger partial charge in [0.25, 0.3) is 0 Å². The maximum absolute atomic E-state index is 12.1. The van der Waals surface area contributed by atoms with Crippen molar-refractivity contribution in [2.24, 2.45) is 0 Å². The van der Waals surface area contributed by atoms with Gasteiger partial charge in [-0.3, -0.25) is 4.79 Å². The number of hydrogen-bond acceptors (Lipinski definition) is 3. The summed E-state index contributed by atoms with van der Waals surface area (Å²) in [7, 11) is 0. The molecule has 25 heavy (non-hydrogen) atoms. The van der Waals surface area contributed by atoms with Gasteiger partial charge >= 0.3 is 0 Å². The smallest absolute Gasteiger partial charge is 0.229 e. The number of anilines is 2. The number of benzene rings is 2. The molecule has 2 aromatic carbocycles. The van der Waals surface area contributed by atoms with Crippen LogP contribution in [-0.4, -0.2) is 10.9 Å². The van der Waals surface area contributed by atoms with Gasteiger partial charge in [-0.25, -0.2) is 4.98 Å². The zero-order valence-corrected chi connectivity index (χ0v) is 14.2. The highest BCUT2D eigenvalue weighted by Crippen LogP contribution is 2.12. The third kappa shape index (κ3) is 5.18. The highest BCUT2D eigenvalue weighted by molar-refractivity contribution is 5.91. The van der Waals surface area contributed by atoms with E-state index in [1.807, 2.05) is 55.5 Å². The number of nitrogens with one attached hydrogen (secondary N) is 2. The molecule has 0 fully saturated rings. The third-order valence-electron chi connectivity index (χ3n) is 3.86. The molecule has 0 saturated heterocycles. The lowest BCUT2D eigenvalue weighted by atomic mass is 10.1. The van der Waals surface area contributed by atoms with Crippen molar-refractivity contribution in [2.75, 3.05) is 10.6 Å². The quantitative estimate of drug-likeness (QED) is 0.712. The molecular formula is C21H21N3O. The standard InChI is InChI=1S/C21H21N3O/c1-16-7-9-17(10-8-16)13-21(25)24-20-12-11-19(15-23-20)22-14-18-5-3-2-4-6-18/h2-12,15,22H,13-14H2,1H3,(H,23,24,25). The van der Waals surface area contributed by atoms with Crippen molar-refractivity contribution in [2.45, 2.75) is 19.9 Å². The molecule has 4 nitrogen and oxygen atoms in total. The van der Waals surface area contributed by atoms with Crippen LogP contribution >= 0.6 is 0 Å². The van der Waals surface area contributed by atoms with Crippen molar-refractivity contribution >= 4 is 17.4 Å². The van der Waals surface area contributed by atoms with Gasteiger partial charge in [0.2, 0.25) is 5.91 Å². The van der Waals surface area contributed by atoms with Gasteiger partial charge in [-0.15, -0.1) is 0 Å². The number of carbonyl (C=O) groups is 1. The average Bonchev–Trinajstić information content (AvgIpc) is 2.64. The molecule has 1 heterocycles. The molecule has 1 amide bonds. The number of hydrogen-bond donors (Lipinski definition) is 2. The molecule has 0 aliphatic heterocycles. The molecule has 0 bridgehead atoms. The first-order valence-corrected chi connectivity index (χ1v) is 8.28. The van der Waals surface area contributed by atoms with Crippen LogP contribution in [0.25, 0.3) is 0 Å². The van der Waals surface area contributed by atoms with Crippen molar-refractivity contribution in [1.29, 1.82) is 0 Å². The highest BCUT2D eigenvalue weighted by atomic mass is 16.1. The first kappa shape index (κ1) is 16.7. The topological polar surface area (TPSA) is 54.0 Å². The van der Waals surface area contributed by atoms with E-state index < -0.39 is 0 Å². The summed E-state index contributed by atoms with van der Waals surface area (Å²) in [4.78, 5) is 16.4. The molecule has 126 valence electrons. The SMILES string of the molecule is Cc1ccc(CC(=O)Nc2ccc(NCc3ccccc3)cn2)cc1. The second kappa shape index (κ2) is 8.11. The molecule has 3 aromatic rings. The Bertz CT molecular complexity index is 812. The minimum Gasteiger partial charge on any atom is -0.380 e. The number of aromatic nitrogens is 1. The van der Waals surface area contributed by atoms with Crippen LogP contribution in [0.5, 0.6) is 0 Å². The van der Waals surface area contributed by atoms with E-state index in [1.54, 1.807) is 12.3 Å². The van der Waals surface area contributed by atoms with Crippen molar-refractivity contribution in [3.05, 3.63) is 89.6 Å². The Kier molecular flexibility index (Phi) is 5.42. The zero-order chi connectivity index (χ0) is 17.5. The number of amides is 1. The zero-order valence-electron chi connectivity index (χ0n) is 14.2. The van der Waals surface area contributed by atoms with Gasteiger partial charge in [0.1, 0.15) is 5.82 Å². The van der Waals surface area contributed by atoms with Gasteiger partial charge in [-0.05, 0) is 30.2 Å². The van der Waals surface area contributed by atoms with Crippen molar-refractivity contribution in [1.82, 2.24) is 4.98 Å². The molecule has 0 unspecified atom stereocenters. The van der Waals surface area contributed by atoms with Crippen LogP contribution in [0.4, 0.5) is 11.5 Å². The lowest BCUT2D eigenvalue weighted by Crippen LogP contribution is -2.15. The van der Waals surface area contributed by atoms with Crippen molar-refractivity contribution in [3.63, 3.8) is 0 Å². The van der Waals surface area contributed by atoms with Crippen LogP contribution in [0.3, 0.4) is 0 Å². The molecule has 0 atom stereocenters. The summed E-state index contributed by atoms with van der Waals surface area (Å²) in [6, 6.07) is 21.8. The minimum absolute atomic E-state index is 0.0682. The number of carbonyl (C=O) groups excluding carboxylic acids is 1. The van der Waals surface area contributed by atoms with E-state index in [1.165, 1.54) is 11.1 Å². The summed E-state index contributed by atoms with van der Waals surface area (Å²) in [5.74, 6) is 0.490. The van der Waals surface area contributed by atoms with Gasteiger partial charge in [-0.1, -0.05) is 60.2 Å². The molecule has 4 heteroatoms. The van der Waals surface area contributed by atoms with E-state index in [2.05, 4.69) is 27.8 Å². The van der Waals surface area contributed by atoms with Crippen LogP contribution in [0.1, 0.15) is 16.7 Å². The Morgan fingerprint density at radius 2 is 1.68 bits per heavy atom. The summed E-state index contributed by atoms with van der Waals surface area (Å²) < 4.78 is 0. The van der Waals surface area contributed by atoms with E-state index in [0.29, 0.717) is 12.2 Å². The van der Waals surface area contributed by atoms with E-state index in [4.69, 9.17) is 0 Å². The Hall–Kier alpha value is -3.14. The average molecular weight is 331 g/mol. The molecule has 0 aliphatic carbocycles. The first-order valence-electron chi connectivity index (χ1n) is 8.28. The van der Waals surface area contributed by atoms with Gasteiger partial charge in [0.15, 0.2) is 0 Å². The summed E-state index contributed by atoms with van der Waals surface area (Å²) in [6.07, 6.45) is 2.07. The van der Waals surface area contributed by atoms with E-state index in [-0.39, 0.29) is 5.91 Å². The highest BCUT2D eigenvalue weighted by Gasteiger charge is 2.05. The second-order valence-corrected chi connectivity index (χ2v) is 5.98. The third-order valence-corrected chi connectivity index (χ3v) is 3.86. The first-order chi connectivity index (χ1) is 12.2. The summed E-state index contributed by atoms with van der Waals surface area (Å²) in [5, 5.41) is 6.14. The second-order valence-electron chi connectivity index (χ2n) is 5.98. The number of rotatable bonds is 6. The van der Waals surface area contributed by atoms with E-state index >= 15 is 0 Å². The Balaban J connectivity index is 1.51. The van der Waals surface area contributed by atoms with Crippen molar-refractivity contribution in [3.8, 4) is 0 Å². The number of aryl methyl sites for hydroxylation is 1. The van der Waals surface area contributed by atoms with Gasteiger partial charge in [0, 0.05) is 6.54 Å². The molecule has 0 spiro atoms. The Morgan fingerprint density at radius 1 is 0.920 bits per heavy atom. The fourth-order valence-electron chi connectivity index (χ4n) is 2.45. The summed E-state index contributed by atoms with van der Waals surface area (Å²) in [6.45, 7) is 2.77. The lowest BCUT2D eigenvalue weighted by molar-refractivity contribution is -0.115. The maximum atomic E-state index is 12.1. The largest absolute Gasteiger partial charge is 0.380 e. The van der Waals surface area contributed by atoms with Crippen LogP contribution in [0.2, 0.25) is 0 Å². The normalized spacial score (nSPS) is 10.3. The molecular weight excluding hydrogens is 310 g/mol. The predicted octanol–water partition coefficient (Wildman–Crippen LogP) is 4.18. The molecule has 2 N–H and O–H groups in total. The van der Waals surface area contributed by atoms with Crippen LogP contribution < -0.4 is 10.6 Å². The number of pyridine rings is 1. The monoisotopic (exact) mass is 331 g/mol. The van der Waals surface area contributed by atoms with E-state index in [9.17, 15) is 4.79 Å². The van der Waals surface area contributed by atoms with Gasteiger partial charge < -0.3 is 10.6 Å². The fraction of sp³-hybridized carbons (Fsp3) is 0.143. The summed E-state index contributed by atoms with van der Waals surface area (Å²) in [5.41, 5.74) is 4.30. The molecule has 0 aliphatic rings. The van der Waals surface area contributed by atoms with E-state index in [0.717, 1.165) is 17.8 Å². The summed E-state index contributed by atoms with van der Waals surface area (Å²) >= 11 is 0. The fourth-order valence-corrected chi connectivity index (χ4v) is 2.45. The number of nitrogens with zero attached hydrogens (tertiary/aromatic N) is 1. The predicted molar refractivity (Wildman–Crippen MR) is 102 cm³/mol. The molecule has 1 aromatic heterocycles. The lowest BCUT2D eigenvalue weighted by Gasteiger charge is -2.08. The Morgan fingerprint density at radius 3 is 2.36 bits per heavy atom. The van der Waals surface area contributed by atoms with Crippen LogP contribution in [-0.2, 0) is 17.8 Å². The van der Waals surface area contributed by atoms with Crippen LogP contribution in [0, 0.1) is 6.92 Å². The molecule has 3 rings (SSSR count). The van der Waals surface area contributed by atoms with Gasteiger partial charge in [0.05, 0.1) is 18.3 Å². The van der Waals surface area contributed by atoms with Crippen LogP contribution in [0.15, 0.2) is 72.9 Å². The molecule has 0 radical (unpaired) electrons. The molecule has 0 saturated carbocycles. The maximum Gasteiger partial charge on any atom is 0.229 e. The minimum atomic E-state index is -0.0682.